The maximum Gasteiger partial charge on any atom is 0.373 e. The van der Waals surface area contributed by atoms with E-state index in [2.05, 4.69) is 20.3 Å². The first-order chi connectivity index (χ1) is 15.1. The summed E-state index contributed by atoms with van der Waals surface area (Å²) in [6, 6.07) is 14.2. The Hall–Kier alpha value is -4.47. The molecule has 0 saturated carbocycles. The molecule has 5 rings (SSSR count). The topological polar surface area (TPSA) is 122 Å². The molecule has 1 aliphatic heterocycles. The van der Waals surface area contributed by atoms with E-state index in [4.69, 9.17) is 14.2 Å². The number of nitrogens with zero attached hydrogens (tertiary/aromatic N) is 4. The molecule has 0 atom stereocenters. The number of ether oxygens (including phenoxy) is 3. The van der Waals surface area contributed by atoms with Gasteiger partial charge in [-0.3, -0.25) is 10.1 Å². The Bertz CT molecular complexity index is 1330. The van der Waals surface area contributed by atoms with E-state index < -0.39 is 10.6 Å². The maximum absolute atomic E-state index is 11.9. The summed E-state index contributed by atoms with van der Waals surface area (Å²) in [7, 11) is 0. The molecule has 31 heavy (non-hydrogen) atoms. The highest BCUT2D eigenvalue weighted by Gasteiger charge is 2.26. The maximum atomic E-state index is 11.9. The summed E-state index contributed by atoms with van der Waals surface area (Å²) in [5, 5.41) is 15.7. The average molecular weight is 417 g/mol. The highest BCUT2D eigenvalue weighted by atomic mass is 16.7. The van der Waals surface area contributed by atoms with E-state index in [1.165, 1.54) is 6.33 Å². The largest absolute Gasteiger partial charge is 0.454 e. The van der Waals surface area contributed by atoms with Crippen molar-refractivity contribution in [3.05, 3.63) is 70.7 Å². The van der Waals surface area contributed by atoms with Crippen LogP contribution in [0.15, 0.2) is 54.9 Å². The minimum Gasteiger partial charge on any atom is -0.454 e. The lowest BCUT2D eigenvalue weighted by molar-refractivity contribution is -0.385. The predicted octanol–water partition coefficient (Wildman–Crippen LogP) is 4.51. The fraction of sp³-hybridized carbons (Fsp3) is 0.0952. The lowest BCUT2D eigenvalue weighted by Gasteiger charge is -2.11. The number of nitro groups is 1. The molecule has 0 bridgehead atoms. The van der Waals surface area contributed by atoms with Crippen molar-refractivity contribution in [1.82, 2.24) is 15.0 Å². The predicted molar refractivity (Wildman–Crippen MR) is 111 cm³/mol. The normalized spacial score (nSPS) is 12.0. The molecule has 3 heterocycles. The Balaban J connectivity index is 1.53. The number of fused-ring (bicyclic) bond motifs is 2. The third kappa shape index (κ3) is 3.50. The van der Waals surface area contributed by atoms with E-state index in [1.54, 1.807) is 30.3 Å². The summed E-state index contributed by atoms with van der Waals surface area (Å²) >= 11 is 0. The standard InChI is InChI=1S/C21H15N5O5/c1-12-5-6-13-3-2-4-16(18(13)24-12)31-21-19(26(27)28)20(22-10-23-21)25-14-7-8-15-17(9-14)30-11-29-15/h2-10H,11H2,1H3,(H,22,23,25). The molecule has 1 aliphatic rings. The van der Waals surface area contributed by atoms with E-state index >= 15 is 0 Å². The van der Waals surface area contributed by atoms with Crippen LogP contribution < -0.4 is 19.5 Å². The number of rotatable bonds is 5. The number of nitrogens with one attached hydrogen (secondary N) is 1. The van der Waals surface area contributed by atoms with Crippen LogP contribution in [-0.4, -0.2) is 26.7 Å². The molecule has 10 heteroatoms. The molecular formula is C21H15N5O5. The highest BCUT2D eigenvalue weighted by molar-refractivity contribution is 5.85. The molecule has 2 aromatic carbocycles. The Morgan fingerprint density at radius 2 is 1.97 bits per heavy atom. The zero-order chi connectivity index (χ0) is 21.4. The molecule has 0 saturated heterocycles. The number of hydrogen-bond donors (Lipinski definition) is 1. The van der Waals surface area contributed by atoms with Crippen LogP contribution in [0.25, 0.3) is 10.9 Å². The summed E-state index contributed by atoms with van der Waals surface area (Å²) < 4.78 is 16.5. The Morgan fingerprint density at radius 3 is 2.84 bits per heavy atom. The molecule has 0 aliphatic carbocycles. The molecule has 154 valence electrons. The second kappa shape index (κ2) is 7.41. The van der Waals surface area contributed by atoms with Crippen LogP contribution in [0.2, 0.25) is 0 Å². The number of benzene rings is 2. The van der Waals surface area contributed by atoms with Crippen LogP contribution in [0, 0.1) is 17.0 Å². The van der Waals surface area contributed by atoms with Crippen molar-refractivity contribution in [2.45, 2.75) is 6.92 Å². The molecule has 2 aromatic heterocycles. The van der Waals surface area contributed by atoms with Crippen molar-refractivity contribution in [1.29, 1.82) is 0 Å². The fourth-order valence-corrected chi connectivity index (χ4v) is 3.21. The van der Waals surface area contributed by atoms with Gasteiger partial charge in [-0.1, -0.05) is 18.2 Å². The van der Waals surface area contributed by atoms with E-state index in [0.29, 0.717) is 28.5 Å². The van der Waals surface area contributed by atoms with Crippen LogP contribution in [-0.2, 0) is 0 Å². The lowest BCUT2D eigenvalue weighted by atomic mass is 10.2. The zero-order valence-corrected chi connectivity index (χ0v) is 16.2. The summed E-state index contributed by atoms with van der Waals surface area (Å²) in [6.45, 7) is 1.99. The van der Waals surface area contributed by atoms with Gasteiger partial charge in [-0.25, -0.2) is 9.97 Å². The van der Waals surface area contributed by atoms with Gasteiger partial charge in [0.1, 0.15) is 11.8 Å². The summed E-state index contributed by atoms with van der Waals surface area (Å²) in [5.74, 6) is 1.29. The minimum absolute atomic E-state index is 0.0155. The number of hydrogen-bond acceptors (Lipinski definition) is 9. The van der Waals surface area contributed by atoms with Gasteiger partial charge in [-0.2, -0.15) is 4.98 Å². The first-order valence-electron chi connectivity index (χ1n) is 9.29. The molecule has 0 fully saturated rings. The van der Waals surface area contributed by atoms with Crippen LogP contribution in [0.3, 0.4) is 0 Å². The SMILES string of the molecule is Cc1ccc2cccc(Oc3ncnc(Nc4ccc5c(c4)OCO5)c3[N+](=O)[O-])c2n1. The first-order valence-corrected chi connectivity index (χ1v) is 9.29. The van der Waals surface area contributed by atoms with E-state index in [9.17, 15) is 10.1 Å². The second-order valence-corrected chi connectivity index (χ2v) is 6.71. The van der Waals surface area contributed by atoms with Crippen molar-refractivity contribution in [3.63, 3.8) is 0 Å². The van der Waals surface area contributed by atoms with Gasteiger partial charge in [0.05, 0.1) is 4.92 Å². The summed E-state index contributed by atoms with van der Waals surface area (Å²) in [5.41, 5.74) is 1.52. The van der Waals surface area contributed by atoms with Crippen molar-refractivity contribution >= 4 is 28.1 Å². The smallest absolute Gasteiger partial charge is 0.373 e. The number of aromatic nitrogens is 3. The van der Waals surface area contributed by atoms with Crippen molar-refractivity contribution < 1.29 is 19.1 Å². The van der Waals surface area contributed by atoms with Crippen LogP contribution in [0.5, 0.6) is 23.1 Å². The zero-order valence-electron chi connectivity index (χ0n) is 16.2. The molecule has 4 aromatic rings. The van der Waals surface area contributed by atoms with Gasteiger partial charge < -0.3 is 19.5 Å². The number of para-hydroxylation sites is 1. The molecule has 1 N–H and O–H groups in total. The Labute approximate surface area is 175 Å². The number of aryl methyl sites for hydroxylation is 1. The molecule has 0 amide bonds. The third-order valence-corrected chi connectivity index (χ3v) is 4.64. The van der Waals surface area contributed by atoms with Gasteiger partial charge in [0.25, 0.3) is 0 Å². The van der Waals surface area contributed by atoms with Crippen LogP contribution in [0.4, 0.5) is 17.2 Å². The van der Waals surface area contributed by atoms with E-state index in [1.807, 2.05) is 25.1 Å². The van der Waals surface area contributed by atoms with E-state index in [0.717, 1.165) is 11.1 Å². The molecule has 0 radical (unpaired) electrons. The van der Waals surface area contributed by atoms with Gasteiger partial charge in [-0.15, -0.1) is 0 Å². The fourth-order valence-electron chi connectivity index (χ4n) is 3.21. The molecule has 0 unspecified atom stereocenters. The first kappa shape index (κ1) is 18.6. The molecular weight excluding hydrogens is 402 g/mol. The van der Waals surface area contributed by atoms with Crippen molar-refractivity contribution in [3.8, 4) is 23.1 Å². The van der Waals surface area contributed by atoms with Gasteiger partial charge in [0.15, 0.2) is 17.2 Å². The van der Waals surface area contributed by atoms with Gasteiger partial charge in [0.2, 0.25) is 12.6 Å². The third-order valence-electron chi connectivity index (χ3n) is 4.64. The Morgan fingerprint density at radius 1 is 1.10 bits per heavy atom. The quantitative estimate of drug-likeness (QED) is 0.369. The summed E-state index contributed by atoms with van der Waals surface area (Å²) in [4.78, 5) is 23.8. The van der Waals surface area contributed by atoms with Crippen LogP contribution >= 0.6 is 0 Å². The minimum atomic E-state index is -0.589. The van der Waals surface area contributed by atoms with Crippen molar-refractivity contribution in [2.75, 3.05) is 12.1 Å². The Kier molecular flexibility index (Phi) is 4.43. The number of pyridine rings is 1. The molecule has 10 nitrogen and oxygen atoms in total. The van der Waals surface area contributed by atoms with Crippen molar-refractivity contribution in [2.24, 2.45) is 0 Å². The van der Waals surface area contributed by atoms with Gasteiger partial charge in [0, 0.05) is 22.8 Å². The summed E-state index contributed by atoms with van der Waals surface area (Å²) in [6.07, 6.45) is 1.20. The van der Waals surface area contributed by atoms with E-state index in [-0.39, 0.29) is 18.5 Å². The van der Waals surface area contributed by atoms with Crippen LogP contribution in [0.1, 0.15) is 5.69 Å². The molecule has 0 spiro atoms. The lowest BCUT2D eigenvalue weighted by Crippen LogP contribution is -2.04. The highest BCUT2D eigenvalue weighted by Crippen LogP contribution is 2.39. The average Bonchev–Trinajstić information content (AvgIpc) is 3.22. The second-order valence-electron chi connectivity index (χ2n) is 6.71. The van der Waals surface area contributed by atoms with Gasteiger partial charge in [-0.05, 0) is 31.2 Å². The van der Waals surface area contributed by atoms with Gasteiger partial charge >= 0.3 is 11.6 Å². The monoisotopic (exact) mass is 417 g/mol. The number of anilines is 2.